The van der Waals surface area contributed by atoms with Crippen LogP contribution in [0.4, 0.5) is 5.69 Å². The van der Waals surface area contributed by atoms with E-state index in [1.54, 1.807) is 0 Å². The monoisotopic (exact) mass is 302 g/mol. The summed E-state index contributed by atoms with van der Waals surface area (Å²) in [6.45, 7) is 4.24. The molecule has 22 heavy (non-hydrogen) atoms. The van der Waals surface area contributed by atoms with Crippen molar-refractivity contribution in [3.05, 3.63) is 29.8 Å². The number of nitrogens with zero attached hydrogens (tertiary/aromatic N) is 2. The van der Waals surface area contributed by atoms with Crippen molar-refractivity contribution >= 4 is 11.6 Å². The number of hydrogen-bond acceptors (Lipinski definition) is 4. The van der Waals surface area contributed by atoms with Crippen molar-refractivity contribution < 1.29 is 14.3 Å². The third-order valence-electron chi connectivity index (χ3n) is 5.00. The zero-order valence-corrected chi connectivity index (χ0v) is 12.8. The Balaban J connectivity index is 1.36. The van der Waals surface area contributed by atoms with E-state index >= 15 is 0 Å². The summed E-state index contributed by atoms with van der Waals surface area (Å²) in [6, 6.07) is 8.37. The van der Waals surface area contributed by atoms with E-state index in [9.17, 15) is 4.79 Å². The lowest BCUT2D eigenvalue weighted by molar-refractivity contribution is -0.187. The van der Waals surface area contributed by atoms with Gasteiger partial charge in [0.15, 0.2) is 5.79 Å². The van der Waals surface area contributed by atoms with Crippen LogP contribution in [0, 0.1) is 0 Å². The van der Waals surface area contributed by atoms with Crippen molar-refractivity contribution in [1.82, 2.24) is 4.90 Å². The fourth-order valence-electron chi connectivity index (χ4n) is 3.72. The van der Waals surface area contributed by atoms with Gasteiger partial charge in [-0.25, -0.2) is 0 Å². The summed E-state index contributed by atoms with van der Waals surface area (Å²) in [4.78, 5) is 16.7. The highest BCUT2D eigenvalue weighted by molar-refractivity contribution is 5.82. The summed E-state index contributed by atoms with van der Waals surface area (Å²) in [5.74, 6) is -0.193. The van der Waals surface area contributed by atoms with Crippen LogP contribution in [0.25, 0.3) is 0 Å². The second-order valence-electron chi connectivity index (χ2n) is 6.29. The second kappa shape index (κ2) is 5.56. The lowest BCUT2D eigenvalue weighted by Gasteiger charge is -2.38. The van der Waals surface area contributed by atoms with E-state index in [0.717, 1.165) is 38.9 Å². The van der Waals surface area contributed by atoms with Crippen LogP contribution in [0.1, 0.15) is 18.4 Å². The summed E-state index contributed by atoms with van der Waals surface area (Å²) in [7, 11) is 0. The van der Waals surface area contributed by atoms with E-state index in [-0.39, 0.29) is 5.91 Å². The predicted molar refractivity (Wildman–Crippen MR) is 82.8 cm³/mol. The molecule has 4 rings (SSSR count). The Labute approximate surface area is 130 Å². The van der Waals surface area contributed by atoms with Gasteiger partial charge in [-0.3, -0.25) is 4.79 Å². The Morgan fingerprint density at radius 2 is 1.82 bits per heavy atom. The highest BCUT2D eigenvalue weighted by Gasteiger charge is 2.40. The van der Waals surface area contributed by atoms with Crippen LogP contribution < -0.4 is 4.90 Å². The van der Waals surface area contributed by atoms with Crippen LogP contribution in [0.15, 0.2) is 24.3 Å². The van der Waals surface area contributed by atoms with E-state index < -0.39 is 5.79 Å². The van der Waals surface area contributed by atoms with Crippen molar-refractivity contribution in [2.45, 2.75) is 25.0 Å². The number of benzene rings is 1. The number of likely N-dealkylation sites (tertiary alicyclic amines) is 1. The van der Waals surface area contributed by atoms with Gasteiger partial charge >= 0.3 is 0 Å². The Morgan fingerprint density at radius 1 is 1.09 bits per heavy atom. The number of carbonyl (C=O) groups is 1. The molecular formula is C17H22N2O3. The molecule has 1 aromatic carbocycles. The molecule has 0 N–H and O–H groups in total. The molecule has 2 fully saturated rings. The first-order valence-corrected chi connectivity index (χ1v) is 8.14. The Bertz CT molecular complexity index is 559. The van der Waals surface area contributed by atoms with E-state index in [1.807, 2.05) is 11.0 Å². The summed E-state index contributed by atoms with van der Waals surface area (Å²) < 4.78 is 11.4. The zero-order chi connectivity index (χ0) is 15.0. The van der Waals surface area contributed by atoms with Crippen LogP contribution in [-0.2, 0) is 20.7 Å². The van der Waals surface area contributed by atoms with Crippen LogP contribution in [0.3, 0.4) is 0 Å². The maximum Gasteiger partial charge on any atom is 0.242 e. The summed E-state index contributed by atoms with van der Waals surface area (Å²) in [5.41, 5.74) is 2.56. The number of anilines is 1. The zero-order valence-electron chi connectivity index (χ0n) is 12.8. The number of hydrogen-bond donors (Lipinski definition) is 0. The summed E-state index contributed by atoms with van der Waals surface area (Å²) in [6.07, 6.45) is 2.61. The molecule has 2 saturated heterocycles. The molecule has 0 unspecified atom stereocenters. The predicted octanol–water partition coefficient (Wildman–Crippen LogP) is 1.41. The van der Waals surface area contributed by atoms with Crippen molar-refractivity contribution in [1.29, 1.82) is 0 Å². The normalized spacial score (nSPS) is 23.1. The van der Waals surface area contributed by atoms with Crippen LogP contribution in [0.5, 0.6) is 0 Å². The van der Waals surface area contributed by atoms with Crippen molar-refractivity contribution in [3.63, 3.8) is 0 Å². The molecule has 0 radical (unpaired) electrons. The van der Waals surface area contributed by atoms with Gasteiger partial charge in [0, 0.05) is 38.2 Å². The van der Waals surface area contributed by atoms with Gasteiger partial charge in [0.1, 0.15) is 0 Å². The lowest BCUT2D eigenvalue weighted by atomic mass is 10.0. The number of carbonyl (C=O) groups excluding carboxylic acids is 1. The Hall–Kier alpha value is -1.59. The minimum Gasteiger partial charge on any atom is -0.362 e. The smallest absolute Gasteiger partial charge is 0.242 e. The molecule has 0 aliphatic carbocycles. The van der Waals surface area contributed by atoms with E-state index in [2.05, 4.69) is 23.1 Å². The fraction of sp³-hybridized carbons (Fsp3) is 0.588. The average molecular weight is 302 g/mol. The standard InChI is InChI=1S/C17H22N2O3/c20-16(13-19-8-5-14-3-1-2-4-15(14)19)18-9-6-17(7-10-18)21-11-12-22-17/h1-4H,5-13H2. The number of para-hydroxylation sites is 1. The molecule has 5 nitrogen and oxygen atoms in total. The van der Waals surface area contributed by atoms with E-state index in [0.29, 0.717) is 19.8 Å². The van der Waals surface area contributed by atoms with Gasteiger partial charge < -0.3 is 19.3 Å². The first kappa shape index (κ1) is 14.0. The number of piperidine rings is 1. The lowest BCUT2D eigenvalue weighted by Crippen LogP contribution is -2.49. The van der Waals surface area contributed by atoms with Gasteiger partial charge in [0.05, 0.1) is 19.8 Å². The maximum absolute atomic E-state index is 12.6. The SMILES string of the molecule is O=C(CN1CCc2ccccc21)N1CCC2(CC1)OCCO2. The molecule has 0 atom stereocenters. The highest BCUT2D eigenvalue weighted by Crippen LogP contribution is 2.32. The molecule has 1 amide bonds. The molecule has 0 bridgehead atoms. The fourth-order valence-corrected chi connectivity index (χ4v) is 3.72. The summed E-state index contributed by atoms with van der Waals surface area (Å²) in [5, 5.41) is 0. The molecule has 1 aromatic rings. The quantitative estimate of drug-likeness (QED) is 0.828. The van der Waals surface area contributed by atoms with Gasteiger partial charge in [0.25, 0.3) is 0 Å². The third-order valence-corrected chi connectivity index (χ3v) is 5.00. The molecule has 3 heterocycles. The molecule has 3 aliphatic rings. The first-order valence-electron chi connectivity index (χ1n) is 8.14. The maximum atomic E-state index is 12.6. The van der Waals surface area contributed by atoms with Crippen LogP contribution in [-0.4, -0.2) is 56.0 Å². The Kier molecular flexibility index (Phi) is 3.54. The number of amides is 1. The second-order valence-corrected chi connectivity index (χ2v) is 6.29. The molecule has 0 aromatic heterocycles. The van der Waals surface area contributed by atoms with E-state index in [1.165, 1.54) is 11.3 Å². The van der Waals surface area contributed by atoms with Crippen molar-refractivity contribution in [3.8, 4) is 0 Å². The van der Waals surface area contributed by atoms with Gasteiger partial charge in [-0.15, -0.1) is 0 Å². The van der Waals surface area contributed by atoms with Crippen LogP contribution in [0.2, 0.25) is 0 Å². The molecule has 5 heteroatoms. The van der Waals surface area contributed by atoms with Crippen LogP contribution >= 0.6 is 0 Å². The minimum absolute atomic E-state index is 0.213. The van der Waals surface area contributed by atoms with Crippen molar-refractivity contribution in [2.75, 3.05) is 44.3 Å². The molecule has 1 spiro atoms. The number of ether oxygens (including phenoxy) is 2. The van der Waals surface area contributed by atoms with Gasteiger partial charge in [-0.2, -0.15) is 0 Å². The average Bonchev–Trinajstić information content (AvgIpc) is 3.16. The molecule has 3 aliphatic heterocycles. The molecule has 0 saturated carbocycles. The highest BCUT2D eigenvalue weighted by atomic mass is 16.7. The van der Waals surface area contributed by atoms with Gasteiger partial charge in [-0.1, -0.05) is 18.2 Å². The topological polar surface area (TPSA) is 42.0 Å². The Morgan fingerprint density at radius 3 is 2.59 bits per heavy atom. The third kappa shape index (κ3) is 2.48. The molecular weight excluding hydrogens is 280 g/mol. The van der Waals surface area contributed by atoms with Gasteiger partial charge in [-0.05, 0) is 18.1 Å². The largest absolute Gasteiger partial charge is 0.362 e. The summed E-state index contributed by atoms with van der Waals surface area (Å²) >= 11 is 0. The number of rotatable bonds is 2. The minimum atomic E-state index is -0.406. The van der Waals surface area contributed by atoms with E-state index in [4.69, 9.17) is 9.47 Å². The van der Waals surface area contributed by atoms with Crippen molar-refractivity contribution in [2.24, 2.45) is 0 Å². The number of fused-ring (bicyclic) bond motifs is 1. The molecule has 118 valence electrons. The van der Waals surface area contributed by atoms with Gasteiger partial charge in [0.2, 0.25) is 5.91 Å². The first-order chi connectivity index (χ1) is 10.8.